The number of aryl methyl sites for hydroxylation is 1. The van der Waals surface area contributed by atoms with Gasteiger partial charge in [-0.15, -0.1) is 0 Å². The first-order valence-corrected chi connectivity index (χ1v) is 12.1. The van der Waals surface area contributed by atoms with Crippen molar-refractivity contribution in [1.82, 2.24) is 9.88 Å². The van der Waals surface area contributed by atoms with E-state index in [9.17, 15) is 9.59 Å². The molecule has 1 saturated heterocycles. The van der Waals surface area contributed by atoms with Crippen LogP contribution in [-0.4, -0.2) is 34.8 Å². The number of fused-ring (bicyclic) bond motifs is 1. The second-order valence-electron chi connectivity index (χ2n) is 9.03. The molecule has 35 heavy (non-hydrogen) atoms. The van der Waals surface area contributed by atoms with E-state index in [1.807, 2.05) is 72.5 Å². The van der Waals surface area contributed by atoms with E-state index >= 15 is 0 Å². The van der Waals surface area contributed by atoms with Crippen molar-refractivity contribution in [1.29, 1.82) is 0 Å². The molecule has 1 aromatic heterocycles. The van der Waals surface area contributed by atoms with Crippen LogP contribution in [0.25, 0.3) is 22.0 Å². The summed E-state index contributed by atoms with van der Waals surface area (Å²) >= 11 is 6.35. The highest BCUT2D eigenvalue weighted by molar-refractivity contribution is 6.31. The van der Waals surface area contributed by atoms with Crippen molar-refractivity contribution in [3.05, 3.63) is 100 Å². The Bertz CT molecular complexity index is 1410. The van der Waals surface area contributed by atoms with Crippen molar-refractivity contribution in [2.45, 2.75) is 25.7 Å². The number of amides is 2. The number of likely N-dealkylation sites (tertiary alicyclic amines) is 1. The van der Waals surface area contributed by atoms with Gasteiger partial charge in [0.15, 0.2) is 0 Å². The van der Waals surface area contributed by atoms with Gasteiger partial charge in [-0.3, -0.25) is 14.6 Å². The van der Waals surface area contributed by atoms with Crippen LogP contribution >= 0.6 is 11.6 Å². The van der Waals surface area contributed by atoms with Crippen molar-refractivity contribution >= 4 is 34.3 Å². The van der Waals surface area contributed by atoms with Gasteiger partial charge in [0, 0.05) is 34.6 Å². The molecule has 0 saturated carbocycles. The molecule has 0 bridgehead atoms. The Labute approximate surface area is 209 Å². The number of carbonyl (C=O) groups is 2. The van der Waals surface area contributed by atoms with Crippen LogP contribution in [-0.2, 0) is 0 Å². The summed E-state index contributed by atoms with van der Waals surface area (Å²) in [6.45, 7) is 3.21. The molecule has 1 fully saturated rings. The van der Waals surface area contributed by atoms with E-state index in [2.05, 4.69) is 0 Å². The highest BCUT2D eigenvalue weighted by atomic mass is 35.5. The largest absolute Gasteiger partial charge is 0.366 e. The zero-order chi connectivity index (χ0) is 24.5. The number of pyridine rings is 1. The maximum Gasteiger partial charge on any atom is 0.256 e. The van der Waals surface area contributed by atoms with Crippen LogP contribution in [0, 0.1) is 6.92 Å². The van der Waals surface area contributed by atoms with Gasteiger partial charge in [-0.2, -0.15) is 0 Å². The fraction of sp³-hybridized carbons (Fsp3) is 0.207. The molecule has 2 heterocycles. The minimum Gasteiger partial charge on any atom is -0.366 e. The van der Waals surface area contributed by atoms with Crippen molar-refractivity contribution in [2.24, 2.45) is 5.73 Å². The van der Waals surface area contributed by atoms with Crippen LogP contribution in [0.5, 0.6) is 0 Å². The molecule has 5 nitrogen and oxygen atoms in total. The molecule has 0 unspecified atom stereocenters. The SMILES string of the molecule is Cc1nc2ccc(Cl)cc2c(-c2ccccc2)c1C(=O)N1CCC(c2ccc(C(N)=O)cc2)CC1. The third-order valence-corrected chi connectivity index (χ3v) is 7.09. The third kappa shape index (κ3) is 4.52. The summed E-state index contributed by atoms with van der Waals surface area (Å²) in [5.74, 6) is -0.0886. The Balaban J connectivity index is 1.46. The lowest BCUT2D eigenvalue weighted by atomic mass is 9.88. The standard InChI is InChI=1S/C29H26ClN3O2/c1-18-26(27(21-5-3-2-4-6-21)24-17-23(30)11-12-25(24)32-18)29(35)33-15-13-20(14-16-33)19-7-9-22(10-8-19)28(31)34/h2-12,17,20H,13-16H2,1H3,(H2,31,34). The molecule has 3 aromatic carbocycles. The fourth-order valence-electron chi connectivity index (χ4n) is 5.02. The Morgan fingerprint density at radius 1 is 0.971 bits per heavy atom. The molecule has 0 radical (unpaired) electrons. The molecule has 0 spiro atoms. The monoisotopic (exact) mass is 483 g/mol. The number of piperidine rings is 1. The van der Waals surface area contributed by atoms with Gasteiger partial charge in [-0.1, -0.05) is 54.1 Å². The van der Waals surface area contributed by atoms with Crippen LogP contribution in [0.2, 0.25) is 5.02 Å². The van der Waals surface area contributed by atoms with E-state index in [0.717, 1.165) is 34.9 Å². The van der Waals surface area contributed by atoms with E-state index in [-0.39, 0.29) is 5.91 Å². The van der Waals surface area contributed by atoms with Gasteiger partial charge >= 0.3 is 0 Å². The van der Waals surface area contributed by atoms with Crippen LogP contribution in [0.15, 0.2) is 72.8 Å². The zero-order valence-corrected chi connectivity index (χ0v) is 20.3. The van der Waals surface area contributed by atoms with Gasteiger partial charge in [0.2, 0.25) is 5.91 Å². The normalized spacial score (nSPS) is 14.3. The molecular weight excluding hydrogens is 458 g/mol. The maximum atomic E-state index is 13.9. The smallest absolute Gasteiger partial charge is 0.256 e. The number of rotatable bonds is 4. The Morgan fingerprint density at radius 3 is 2.31 bits per heavy atom. The molecule has 0 aliphatic carbocycles. The number of nitrogens with two attached hydrogens (primary N) is 1. The van der Waals surface area contributed by atoms with E-state index in [4.69, 9.17) is 22.3 Å². The van der Waals surface area contributed by atoms with Crippen LogP contribution in [0.1, 0.15) is 50.7 Å². The van der Waals surface area contributed by atoms with E-state index in [0.29, 0.717) is 40.9 Å². The van der Waals surface area contributed by atoms with Gasteiger partial charge in [0.05, 0.1) is 16.8 Å². The first-order valence-electron chi connectivity index (χ1n) is 11.8. The number of carbonyl (C=O) groups excluding carboxylic acids is 2. The fourth-order valence-corrected chi connectivity index (χ4v) is 5.19. The van der Waals surface area contributed by atoms with Crippen molar-refractivity contribution < 1.29 is 9.59 Å². The number of aromatic nitrogens is 1. The Kier molecular flexibility index (Phi) is 6.27. The molecule has 1 aliphatic heterocycles. The quantitative estimate of drug-likeness (QED) is 0.387. The zero-order valence-electron chi connectivity index (χ0n) is 19.5. The summed E-state index contributed by atoms with van der Waals surface area (Å²) in [4.78, 5) is 32.0. The minimum atomic E-state index is -0.424. The second-order valence-corrected chi connectivity index (χ2v) is 9.46. The van der Waals surface area contributed by atoms with Gasteiger partial charge in [0.1, 0.15) is 0 Å². The number of benzene rings is 3. The molecule has 2 amide bonds. The van der Waals surface area contributed by atoms with Gasteiger partial charge in [-0.05, 0) is 67.1 Å². The number of halogens is 1. The predicted octanol–water partition coefficient (Wildman–Crippen LogP) is 5.98. The van der Waals surface area contributed by atoms with E-state index < -0.39 is 5.91 Å². The number of primary amides is 1. The van der Waals surface area contributed by atoms with Gasteiger partial charge in [0.25, 0.3) is 5.91 Å². The highest BCUT2D eigenvalue weighted by Crippen LogP contribution is 2.36. The lowest BCUT2D eigenvalue weighted by Gasteiger charge is -2.33. The summed E-state index contributed by atoms with van der Waals surface area (Å²) < 4.78 is 0. The predicted molar refractivity (Wildman–Crippen MR) is 140 cm³/mol. The molecular formula is C29H26ClN3O2. The van der Waals surface area contributed by atoms with Gasteiger partial charge < -0.3 is 10.6 Å². The molecule has 4 aromatic rings. The molecule has 176 valence electrons. The summed E-state index contributed by atoms with van der Waals surface area (Å²) in [6.07, 6.45) is 1.71. The summed E-state index contributed by atoms with van der Waals surface area (Å²) in [7, 11) is 0. The second kappa shape index (κ2) is 9.51. The number of hydrogen-bond donors (Lipinski definition) is 1. The number of nitrogens with zero attached hydrogens (tertiary/aromatic N) is 2. The third-order valence-electron chi connectivity index (χ3n) is 6.85. The minimum absolute atomic E-state index is 0.00162. The maximum absolute atomic E-state index is 13.9. The molecule has 6 heteroatoms. The number of hydrogen-bond acceptors (Lipinski definition) is 3. The lowest BCUT2D eigenvalue weighted by Crippen LogP contribution is -2.38. The summed E-state index contributed by atoms with van der Waals surface area (Å²) in [5, 5.41) is 1.49. The average Bonchev–Trinajstić information content (AvgIpc) is 2.88. The van der Waals surface area contributed by atoms with Crippen LogP contribution < -0.4 is 5.73 Å². The van der Waals surface area contributed by atoms with Gasteiger partial charge in [-0.25, -0.2) is 0 Å². The topological polar surface area (TPSA) is 76.3 Å². The Hall–Kier alpha value is -3.70. The lowest BCUT2D eigenvalue weighted by molar-refractivity contribution is 0.0712. The first kappa shape index (κ1) is 23.1. The van der Waals surface area contributed by atoms with E-state index in [1.165, 1.54) is 5.56 Å². The first-order chi connectivity index (χ1) is 16.9. The van der Waals surface area contributed by atoms with Crippen molar-refractivity contribution in [2.75, 3.05) is 13.1 Å². The molecule has 2 N–H and O–H groups in total. The highest BCUT2D eigenvalue weighted by Gasteiger charge is 2.29. The molecule has 5 rings (SSSR count). The van der Waals surface area contributed by atoms with Crippen molar-refractivity contribution in [3.63, 3.8) is 0 Å². The average molecular weight is 484 g/mol. The van der Waals surface area contributed by atoms with Crippen LogP contribution in [0.4, 0.5) is 0 Å². The summed E-state index contributed by atoms with van der Waals surface area (Å²) in [6, 6.07) is 23.1. The van der Waals surface area contributed by atoms with E-state index in [1.54, 1.807) is 12.1 Å². The molecule has 1 aliphatic rings. The Morgan fingerprint density at radius 2 is 1.66 bits per heavy atom. The van der Waals surface area contributed by atoms with Crippen LogP contribution in [0.3, 0.4) is 0 Å². The molecule has 0 atom stereocenters. The van der Waals surface area contributed by atoms with Crippen molar-refractivity contribution in [3.8, 4) is 11.1 Å². The summed E-state index contributed by atoms with van der Waals surface area (Å²) in [5.41, 5.74) is 11.1.